The maximum atomic E-state index is 14.3. The fourth-order valence-electron chi connectivity index (χ4n) is 4.14. The Kier molecular flexibility index (Phi) is 6.18. The number of amides is 2. The van der Waals surface area contributed by atoms with Crippen molar-refractivity contribution in [3.8, 4) is 5.75 Å². The van der Waals surface area contributed by atoms with Crippen LogP contribution in [0.25, 0.3) is 0 Å². The summed E-state index contributed by atoms with van der Waals surface area (Å²) in [5.41, 5.74) is 2.48. The van der Waals surface area contributed by atoms with Gasteiger partial charge in [0.05, 0.1) is 13.2 Å². The molecule has 160 valence electrons. The summed E-state index contributed by atoms with van der Waals surface area (Å²) in [7, 11) is 2.05. The second-order valence-corrected chi connectivity index (χ2v) is 8.10. The number of urea groups is 1. The van der Waals surface area contributed by atoms with Crippen LogP contribution >= 0.6 is 0 Å². The minimum atomic E-state index is -0.626. The van der Waals surface area contributed by atoms with Crippen molar-refractivity contribution in [2.75, 3.05) is 26.7 Å². The fraction of sp³-hybridized carbons (Fsp3) is 0.435. The Labute approximate surface area is 175 Å². The number of hydrogen-bond acceptors (Lipinski definition) is 3. The predicted octanol–water partition coefficient (Wildman–Crippen LogP) is 3.71. The Bertz CT molecular complexity index is 913. The van der Waals surface area contributed by atoms with Crippen molar-refractivity contribution >= 4 is 6.03 Å². The van der Waals surface area contributed by atoms with Crippen LogP contribution < -0.4 is 10.1 Å². The molecule has 1 saturated heterocycles. The Balaban J connectivity index is 1.47. The maximum Gasteiger partial charge on any atom is 0.318 e. The highest BCUT2D eigenvalue weighted by molar-refractivity contribution is 5.74. The Morgan fingerprint density at radius 2 is 2.00 bits per heavy atom. The normalized spacial score (nSPS) is 16.8. The number of piperidine rings is 1. The van der Waals surface area contributed by atoms with Gasteiger partial charge in [-0.3, -0.25) is 0 Å². The standard InChI is InChI=1S/C23H27F2N3O2/c1-27-9-6-20(7-10-27)28(15-18-3-4-19(24)13-21(18)25)23(29)26-14-16-2-5-22-17(12-16)8-11-30-22/h2-5,12-13,20H,6-11,14-15H2,1H3,(H,26,29). The lowest BCUT2D eigenvalue weighted by Crippen LogP contribution is -2.49. The van der Waals surface area contributed by atoms with Gasteiger partial charge in [-0.15, -0.1) is 0 Å². The molecule has 2 aliphatic heterocycles. The van der Waals surface area contributed by atoms with Gasteiger partial charge in [-0.05, 0) is 56.2 Å². The minimum Gasteiger partial charge on any atom is -0.493 e. The molecule has 1 N–H and O–H groups in total. The van der Waals surface area contributed by atoms with E-state index in [0.29, 0.717) is 18.7 Å². The van der Waals surface area contributed by atoms with Crippen LogP contribution in [0.1, 0.15) is 29.5 Å². The summed E-state index contributed by atoms with van der Waals surface area (Å²) in [4.78, 5) is 17.0. The smallest absolute Gasteiger partial charge is 0.318 e. The van der Waals surface area contributed by atoms with E-state index in [4.69, 9.17) is 4.74 Å². The zero-order valence-electron chi connectivity index (χ0n) is 17.2. The topological polar surface area (TPSA) is 44.8 Å². The number of rotatable bonds is 5. The number of hydrogen-bond donors (Lipinski definition) is 1. The van der Waals surface area contributed by atoms with Crippen molar-refractivity contribution in [3.63, 3.8) is 0 Å². The summed E-state index contributed by atoms with van der Waals surface area (Å²) in [6.07, 6.45) is 2.52. The Morgan fingerprint density at radius 1 is 1.20 bits per heavy atom. The molecule has 2 heterocycles. The van der Waals surface area contributed by atoms with E-state index in [1.165, 1.54) is 12.1 Å². The summed E-state index contributed by atoms with van der Waals surface area (Å²) >= 11 is 0. The number of ether oxygens (including phenoxy) is 1. The van der Waals surface area contributed by atoms with E-state index >= 15 is 0 Å². The molecule has 0 radical (unpaired) electrons. The highest BCUT2D eigenvalue weighted by atomic mass is 19.1. The molecule has 2 amide bonds. The van der Waals surface area contributed by atoms with Gasteiger partial charge < -0.3 is 19.9 Å². The van der Waals surface area contributed by atoms with Crippen molar-refractivity contribution in [2.24, 2.45) is 0 Å². The third kappa shape index (κ3) is 4.73. The lowest BCUT2D eigenvalue weighted by molar-refractivity contribution is 0.126. The number of benzene rings is 2. The SMILES string of the molecule is CN1CCC(N(Cc2ccc(F)cc2F)C(=O)NCc2ccc3c(c2)CCO3)CC1. The van der Waals surface area contributed by atoms with E-state index in [1.54, 1.807) is 4.90 Å². The molecule has 2 aromatic carbocycles. The number of carbonyl (C=O) groups excluding carboxylic acids is 1. The summed E-state index contributed by atoms with van der Waals surface area (Å²) < 4.78 is 33.1. The molecule has 1 fully saturated rings. The van der Waals surface area contributed by atoms with Gasteiger partial charge in [-0.25, -0.2) is 13.6 Å². The van der Waals surface area contributed by atoms with Gasteiger partial charge in [-0.2, -0.15) is 0 Å². The quantitative estimate of drug-likeness (QED) is 0.810. The molecule has 0 unspecified atom stereocenters. The molecule has 2 aliphatic rings. The summed E-state index contributed by atoms with van der Waals surface area (Å²) in [6, 6.07) is 9.24. The third-order valence-electron chi connectivity index (χ3n) is 5.94. The molecule has 0 aliphatic carbocycles. The summed E-state index contributed by atoms with van der Waals surface area (Å²) in [6.45, 7) is 2.96. The highest BCUT2D eigenvalue weighted by Crippen LogP contribution is 2.26. The van der Waals surface area contributed by atoms with Crippen molar-refractivity contribution in [1.82, 2.24) is 15.1 Å². The van der Waals surface area contributed by atoms with Crippen molar-refractivity contribution < 1.29 is 18.3 Å². The van der Waals surface area contributed by atoms with E-state index in [0.717, 1.165) is 55.3 Å². The number of carbonyl (C=O) groups is 1. The summed E-state index contributed by atoms with van der Waals surface area (Å²) in [5, 5.41) is 2.99. The zero-order valence-corrected chi connectivity index (χ0v) is 17.2. The molecule has 0 atom stereocenters. The maximum absolute atomic E-state index is 14.3. The molecule has 2 aromatic rings. The van der Waals surface area contributed by atoms with E-state index in [-0.39, 0.29) is 18.6 Å². The Hall–Kier alpha value is -2.67. The van der Waals surface area contributed by atoms with Crippen LogP contribution in [-0.2, 0) is 19.5 Å². The van der Waals surface area contributed by atoms with E-state index in [2.05, 4.69) is 23.3 Å². The van der Waals surface area contributed by atoms with Gasteiger partial charge in [0, 0.05) is 30.6 Å². The van der Waals surface area contributed by atoms with Gasteiger partial charge in [0.2, 0.25) is 0 Å². The van der Waals surface area contributed by atoms with Crippen molar-refractivity contribution in [2.45, 2.75) is 38.4 Å². The second-order valence-electron chi connectivity index (χ2n) is 8.10. The minimum absolute atomic E-state index is 0.0130. The van der Waals surface area contributed by atoms with E-state index in [1.807, 2.05) is 12.1 Å². The average molecular weight is 415 g/mol. The third-order valence-corrected chi connectivity index (χ3v) is 5.94. The monoisotopic (exact) mass is 415 g/mol. The first-order valence-corrected chi connectivity index (χ1v) is 10.4. The first-order valence-electron chi connectivity index (χ1n) is 10.4. The molecule has 4 rings (SSSR count). The van der Waals surface area contributed by atoms with E-state index < -0.39 is 11.6 Å². The molecule has 7 heteroatoms. The van der Waals surface area contributed by atoms with Crippen LogP contribution in [-0.4, -0.2) is 48.6 Å². The Morgan fingerprint density at radius 3 is 2.77 bits per heavy atom. The first kappa shape index (κ1) is 20.6. The summed E-state index contributed by atoms with van der Waals surface area (Å²) in [5.74, 6) is -0.337. The fourth-order valence-corrected chi connectivity index (χ4v) is 4.14. The number of halogens is 2. The molecular formula is C23H27F2N3O2. The van der Waals surface area contributed by atoms with Crippen LogP contribution in [0.5, 0.6) is 5.75 Å². The zero-order chi connectivity index (χ0) is 21.1. The molecule has 0 aromatic heterocycles. The molecule has 0 bridgehead atoms. The first-order chi connectivity index (χ1) is 14.5. The number of nitrogens with zero attached hydrogens (tertiary/aromatic N) is 2. The lowest BCUT2D eigenvalue weighted by atomic mass is 10.0. The number of nitrogens with one attached hydrogen (secondary N) is 1. The van der Waals surface area contributed by atoms with Crippen LogP contribution in [0.2, 0.25) is 0 Å². The van der Waals surface area contributed by atoms with Crippen LogP contribution in [0.15, 0.2) is 36.4 Å². The average Bonchev–Trinajstić information content (AvgIpc) is 3.20. The molecule has 0 saturated carbocycles. The molecule has 5 nitrogen and oxygen atoms in total. The van der Waals surface area contributed by atoms with Crippen molar-refractivity contribution in [3.05, 3.63) is 64.7 Å². The van der Waals surface area contributed by atoms with Crippen molar-refractivity contribution in [1.29, 1.82) is 0 Å². The number of fused-ring (bicyclic) bond motifs is 1. The van der Waals surface area contributed by atoms with Crippen LogP contribution in [0, 0.1) is 11.6 Å². The van der Waals surface area contributed by atoms with E-state index in [9.17, 15) is 13.6 Å². The predicted molar refractivity (Wildman–Crippen MR) is 110 cm³/mol. The molecular weight excluding hydrogens is 388 g/mol. The highest BCUT2D eigenvalue weighted by Gasteiger charge is 2.28. The van der Waals surface area contributed by atoms with Gasteiger partial charge in [-0.1, -0.05) is 18.2 Å². The molecule has 0 spiro atoms. The van der Waals surface area contributed by atoms with Gasteiger partial charge >= 0.3 is 6.03 Å². The number of likely N-dealkylation sites (tertiary alicyclic amines) is 1. The second kappa shape index (κ2) is 9.00. The lowest BCUT2D eigenvalue weighted by Gasteiger charge is -2.37. The van der Waals surface area contributed by atoms with Crippen LogP contribution in [0.4, 0.5) is 13.6 Å². The largest absolute Gasteiger partial charge is 0.493 e. The molecule has 30 heavy (non-hydrogen) atoms. The van der Waals surface area contributed by atoms with Gasteiger partial charge in [0.15, 0.2) is 0 Å². The van der Waals surface area contributed by atoms with Gasteiger partial charge in [0.25, 0.3) is 0 Å². The van der Waals surface area contributed by atoms with Crippen LogP contribution in [0.3, 0.4) is 0 Å². The van der Waals surface area contributed by atoms with Gasteiger partial charge in [0.1, 0.15) is 17.4 Å².